The summed E-state index contributed by atoms with van der Waals surface area (Å²) in [7, 11) is -4.21. The van der Waals surface area contributed by atoms with Crippen molar-refractivity contribution in [1.29, 1.82) is 0 Å². The van der Waals surface area contributed by atoms with Crippen molar-refractivity contribution in [3.05, 3.63) is 23.2 Å². The molecular weight excluding hydrogens is 290 g/mol. The highest BCUT2D eigenvalue weighted by Gasteiger charge is 2.30. The summed E-state index contributed by atoms with van der Waals surface area (Å²) in [4.78, 5) is -0.385. The Hall–Kier alpha value is -0.960. The molecule has 1 aromatic carbocycles. The van der Waals surface area contributed by atoms with E-state index in [1.165, 1.54) is 12.1 Å². The van der Waals surface area contributed by atoms with Gasteiger partial charge >= 0.3 is 0 Å². The SMILES string of the molecule is Nc1ccc(Cl)cc1S(=O)(=O)NCC(F)(F)CO. The molecule has 0 aromatic heterocycles. The number of nitrogens with two attached hydrogens (primary N) is 1. The average Bonchev–Trinajstić information content (AvgIpc) is 2.30. The number of rotatable bonds is 5. The third kappa shape index (κ3) is 3.77. The maximum absolute atomic E-state index is 12.7. The van der Waals surface area contributed by atoms with Crippen molar-refractivity contribution < 1.29 is 22.3 Å². The van der Waals surface area contributed by atoms with Gasteiger partial charge < -0.3 is 10.8 Å². The number of nitrogen functional groups attached to an aromatic ring is 1. The molecule has 18 heavy (non-hydrogen) atoms. The summed E-state index contributed by atoms with van der Waals surface area (Å²) in [5.41, 5.74) is 5.32. The number of aliphatic hydroxyl groups is 1. The van der Waals surface area contributed by atoms with Crippen LogP contribution in [0, 0.1) is 0 Å². The van der Waals surface area contributed by atoms with Gasteiger partial charge in [-0.05, 0) is 18.2 Å². The van der Waals surface area contributed by atoms with Crippen LogP contribution in [-0.4, -0.2) is 32.6 Å². The normalized spacial score (nSPS) is 12.7. The first-order valence-corrected chi connectivity index (χ1v) is 6.57. The van der Waals surface area contributed by atoms with Gasteiger partial charge in [-0.3, -0.25) is 0 Å². The van der Waals surface area contributed by atoms with Gasteiger partial charge in [0.25, 0.3) is 5.92 Å². The lowest BCUT2D eigenvalue weighted by atomic mass is 10.3. The zero-order valence-corrected chi connectivity index (χ0v) is 10.6. The molecule has 5 nitrogen and oxygen atoms in total. The fraction of sp³-hybridized carbons (Fsp3) is 0.333. The Morgan fingerprint density at radius 2 is 2.06 bits per heavy atom. The maximum atomic E-state index is 12.7. The molecule has 0 unspecified atom stereocenters. The molecule has 0 saturated heterocycles. The maximum Gasteiger partial charge on any atom is 0.283 e. The van der Waals surface area contributed by atoms with E-state index >= 15 is 0 Å². The Bertz CT molecular complexity index is 537. The van der Waals surface area contributed by atoms with Crippen LogP contribution in [0.3, 0.4) is 0 Å². The Labute approximate surface area is 108 Å². The lowest BCUT2D eigenvalue weighted by Crippen LogP contribution is -2.39. The second-order valence-electron chi connectivity index (χ2n) is 3.52. The molecule has 0 aliphatic carbocycles. The lowest BCUT2D eigenvalue weighted by Gasteiger charge is -2.15. The van der Waals surface area contributed by atoms with Crippen LogP contribution >= 0.6 is 11.6 Å². The van der Waals surface area contributed by atoms with Crippen LogP contribution in [0.5, 0.6) is 0 Å². The molecule has 0 amide bonds. The van der Waals surface area contributed by atoms with Gasteiger partial charge in [-0.25, -0.2) is 21.9 Å². The van der Waals surface area contributed by atoms with Gasteiger partial charge in [0, 0.05) is 5.02 Å². The predicted octanol–water partition coefficient (Wildman–Crippen LogP) is 0.828. The molecule has 0 spiro atoms. The minimum absolute atomic E-state index is 0.110. The van der Waals surface area contributed by atoms with Gasteiger partial charge in [-0.2, -0.15) is 0 Å². The van der Waals surface area contributed by atoms with Crippen molar-refractivity contribution in [1.82, 2.24) is 4.72 Å². The molecule has 0 heterocycles. The summed E-state index contributed by atoms with van der Waals surface area (Å²) in [5.74, 6) is -3.54. The molecule has 102 valence electrons. The third-order valence-corrected chi connectivity index (χ3v) is 3.71. The van der Waals surface area contributed by atoms with E-state index in [9.17, 15) is 17.2 Å². The van der Waals surface area contributed by atoms with Gasteiger partial charge in [-0.1, -0.05) is 11.6 Å². The zero-order chi connectivity index (χ0) is 14.0. The van der Waals surface area contributed by atoms with E-state index < -0.39 is 29.1 Å². The number of anilines is 1. The molecule has 9 heteroatoms. The molecule has 1 rings (SSSR count). The Morgan fingerprint density at radius 3 is 2.61 bits per heavy atom. The second kappa shape index (κ2) is 5.35. The van der Waals surface area contributed by atoms with Crippen molar-refractivity contribution in [2.24, 2.45) is 0 Å². The summed E-state index contributed by atoms with van der Waals surface area (Å²) in [6.07, 6.45) is 0. The van der Waals surface area contributed by atoms with Crippen molar-refractivity contribution in [2.75, 3.05) is 18.9 Å². The molecule has 0 radical (unpaired) electrons. The Balaban J connectivity index is 2.97. The van der Waals surface area contributed by atoms with E-state index in [0.29, 0.717) is 0 Å². The zero-order valence-electron chi connectivity index (χ0n) is 9.03. The van der Waals surface area contributed by atoms with Gasteiger partial charge in [0.05, 0.1) is 12.2 Å². The number of aliphatic hydroxyl groups excluding tert-OH is 1. The van der Waals surface area contributed by atoms with Gasteiger partial charge in [0.2, 0.25) is 10.0 Å². The number of benzene rings is 1. The van der Waals surface area contributed by atoms with Crippen LogP contribution in [0.15, 0.2) is 23.1 Å². The number of hydrogen-bond donors (Lipinski definition) is 3. The van der Waals surface area contributed by atoms with E-state index in [0.717, 1.165) is 6.07 Å². The molecular formula is C9H11ClF2N2O3S. The first kappa shape index (κ1) is 15.1. The minimum Gasteiger partial charge on any atom is -0.398 e. The van der Waals surface area contributed by atoms with Crippen molar-refractivity contribution in [2.45, 2.75) is 10.8 Å². The Morgan fingerprint density at radius 1 is 1.44 bits per heavy atom. The fourth-order valence-electron chi connectivity index (χ4n) is 1.08. The van der Waals surface area contributed by atoms with E-state index in [2.05, 4.69) is 0 Å². The fourth-order valence-corrected chi connectivity index (χ4v) is 2.53. The number of hydrogen-bond acceptors (Lipinski definition) is 4. The van der Waals surface area contributed by atoms with Gasteiger partial charge in [0.15, 0.2) is 0 Å². The van der Waals surface area contributed by atoms with Crippen LogP contribution in [0.2, 0.25) is 5.02 Å². The van der Waals surface area contributed by atoms with E-state index in [1.807, 2.05) is 0 Å². The largest absolute Gasteiger partial charge is 0.398 e. The monoisotopic (exact) mass is 300 g/mol. The van der Waals surface area contributed by atoms with Crippen LogP contribution < -0.4 is 10.5 Å². The average molecular weight is 301 g/mol. The molecule has 0 aliphatic rings. The topological polar surface area (TPSA) is 92.4 Å². The highest BCUT2D eigenvalue weighted by Crippen LogP contribution is 2.23. The molecule has 0 aliphatic heterocycles. The highest BCUT2D eigenvalue weighted by atomic mass is 35.5. The standard InChI is InChI=1S/C9H11ClF2N2O3S/c10-6-1-2-7(13)8(3-6)18(16,17)14-4-9(11,12)5-15/h1-3,14-15H,4-5,13H2. The van der Waals surface area contributed by atoms with Gasteiger partial charge in [0.1, 0.15) is 11.5 Å². The van der Waals surface area contributed by atoms with Crippen LogP contribution in [-0.2, 0) is 10.0 Å². The molecule has 0 bridgehead atoms. The predicted molar refractivity (Wildman–Crippen MR) is 63.1 cm³/mol. The Kier molecular flexibility index (Phi) is 4.49. The second-order valence-corrected chi connectivity index (χ2v) is 5.69. The van der Waals surface area contributed by atoms with Crippen LogP contribution in [0.25, 0.3) is 0 Å². The van der Waals surface area contributed by atoms with Crippen molar-refractivity contribution in [3.63, 3.8) is 0 Å². The first-order valence-electron chi connectivity index (χ1n) is 4.71. The van der Waals surface area contributed by atoms with Gasteiger partial charge in [-0.15, -0.1) is 0 Å². The summed E-state index contributed by atoms with van der Waals surface area (Å²) >= 11 is 5.60. The number of halogens is 3. The van der Waals surface area contributed by atoms with Crippen LogP contribution in [0.4, 0.5) is 14.5 Å². The first-order chi connectivity index (χ1) is 8.18. The van der Waals surface area contributed by atoms with E-state index in [1.54, 1.807) is 4.72 Å². The summed E-state index contributed by atoms with van der Waals surface area (Å²) < 4.78 is 50.6. The van der Waals surface area contributed by atoms with E-state index in [4.69, 9.17) is 22.4 Å². The highest BCUT2D eigenvalue weighted by molar-refractivity contribution is 7.89. The summed E-state index contributed by atoms with van der Waals surface area (Å²) in [6, 6.07) is 3.68. The quantitative estimate of drug-likeness (QED) is 0.702. The van der Waals surface area contributed by atoms with Crippen molar-refractivity contribution >= 4 is 27.3 Å². The molecule has 0 saturated carbocycles. The molecule has 4 N–H and O–H groups in total. The molecule has 1 aromatic rings. The van der Waals surface area contributed by atoms with Crippen molar-refractivity contribution in [3.8, 4) is 0 Å². The summed E-state index contributed by atoms with van der Waals surface area (Å²) in [6.45, 7) is -2.68. The van der Waals surface area contributed by atoms with Crippen LogP contribution in [0.1, 0.15) is 0 Å². The minimum atomic E-state index is -4.21. The lowest BCUT2D eigenvalue weighted by molar-refractivity contribution is -0.0437. The number of alkyl halides is 2. The molecule has 0 fully saturated rings. The number of sulfonamides is 1. The third-order valence-electron chi connectivity index (χ3n) is 2.02. The smallest absolute Gasteiger partial charge is 0.283 e. The summed E-state index contributed by atoms with van der Waals surface area (Å²) in [5, 5.41) is 8.44. The van der Waals surface area contributed by atoms with E-state index in [-0.39, 0.29) is 15.6 Å². The number of nitrogens with one attached hydrogen (secondary N) is 1. The molecule has 0 atom stereocenters.